The summed E-state index contributed by atoms with van der Waals surface area (Å²) in [4.78, 5) is 17.6. The Morgan fingerprint density at radius 2 is 1.66 bits per heavy atom. The molecule has 0 radical (unpaired) electrons. The molecule has 1 atom stereocenters. The number of aliphatic imine (C=N–C) groups is 1. The number of hydrazone groups is 1. The van der Waals surface area contributed by atoms with Gasteiger partial charge in [-0.2, -0.15) is 5.10 Å². The Balaban J connectivity index is 1.30. The number of hydrogen-bond acceptors (Lipinski definition) is 5. The summed E-state index contributed by atoms with van der Waals surface area (Å²) < 4.78 is 0. The van der Waals surface area contributed by atoms with E-state index in [1.165, 1.54) is 17.3 Å². The summed E-state index contributed by atoms with van der Waals surface area (Å²) in [5.74, 6) is 0.579. The lowest BCUT2D eigenvalue weighted by Gasteiger charge is -2.24. The zero-order chi connectivity index (χ0) is 25.9. The molecule has 0 aromatic heterocycles. The fourth-order valence-electron chi connectivity index (χ4n) is 4.70. The van der Waals surface area contributed by atoms with E-state index in [0.29, 0.717) is 5.84 Å². The van der Waals surface area contributed by atoms with Crippen molar-refractivity contribution in [1.82, 2.24) is 5.32 Å². The molecule has 6 rings (SSSR count). The molecule has 4 aromatic carbocycles. The van der Waals surface area contributed by atoms with E-state index in [4.69, 9.17) is 5.10 Å². The lowest BCUT2D eigenvalue weighted by atomic mass is 9.98. The summed E-state index contributed by atoms with van der Waals surface area (Å²) in [7, 11) is 0. The summed E-state index contributed by atoms with van der Waals surface area (Å²) in [6.45, 7) is 2.03. The van der Waals surface area contributed by atoms with Gasteiger partial charge in [0.1, 0.15) is 5.84 Å². The Hall–Kier alpha value is -4.42. The monoisotopic (exact) mass is 514 g/mol. The number of amidine groups is 1. The van der Waals surface area contributed by atoms with E-state index < -0.39 is 0 Å². The highest BCUT2D eigenvalue weighted by molar-refractivity contribution is 8.18. The molecule has 1 N–H and O–H groups in total. The van der Waals surface area contributed by atoms with Gasteiger partial charge >= 0.3 is 0 Å². The van der Waals surface area contributed by atoms with E-state index >= 15 is 0 Å². The van der Waals surface area contributed by atoms with Crippen LogP contribution in [-0.2, 0) is 0 Å². The highest BCUT2D eigenvalue weighted by Gasteiger charge is 2.30. The average Bonchev–Trinajstić information content (AvgIpc) is 3.54. The van der Waals surface area contributed by atoms with Gasteiger partial charge in [-0.05, 0) is 71.3 Å². The van der Waals surface area contributed by atoms with Crippen LogP contribution >= 0.6 is 11.8 Å². The van der Waals surface area contributed by atoms with Crippen LogP contribution in [0, 0.1) is 6.92 Å². The number of rotatable bonds is 5. The van der Waals surface area contributed by atoms with Gasteiger partial charge in [-0.25, -0.2) is 4.99 Å². The molecule has 1 saturated heterocycles. The molecule has 1 fully saturated rings. The van der Waals surface area contributed by atoms with Crippen LogP contribution in [0.25, 0.3) is 6.08 Å². The van der Waals surface area contributed by atoms with Crippen LogP contribution in [0.5, 0.6) is 0 Å². The number of thioether (sulfide) groups is 1. The van der Waals surface area contributed by atoms with Crippen molar-refractivity contribution in [3.05, 3.63) is 136 Å². The number of nitrogens with one attached hydrogen (secondary N) is 1. The maximum Gasteiger partial charge on any atom is 0.289 e. The first-order chi connectivity index (χ1) is 18.6. The number of anilines is 1. The van der Waals surface area contributed by atoms with E-state index in [-0.39, 0.29) is 11.3 Å². The minimum absolute atomic E-state index is 0.121. The number of hydrogen-bond donors (Lipinski definition) is 1. The maximum absolute atomic E-state index is 12.2. The van der Waals surface area contributed by atoms with Gasteiger partial charge in [0.05, 0.1) is 28.0 Å². The van der Waals surface area contributed by atoms with Crippen molar-refractivity contribution in [3.63, 3.8) is 0 Å². The molecule has 38 heavy (non-hydrogen) atoms. The van der Waals surface area contributed by atoms with E-state index in [9.17, 15) is 4.79 Å². The topological polar surface area (TPSA) is 57.1 Å². The Kier molecular flexibility index (Phi) is 6.63. The van der Waals surface area contributed by atoms with Crippen molar-refractivity contribution in [2.75, 3.05) is 5.01 Å². The van der Waals surface area contributed by atoms with Crippen molar-refractivity contribution in [1.29, 1.82) is 0 Å². The number of carbonyl (C=O) groups is 1. The van der Waals surface area contributed by atoms with Crippen LogP contribution in [0.3, 0.4) is 0 Å². The van der Waals surface area contributed by atoms with E-state index in [0.717, 1.165) is 45.1 Å². The summed E-state index contributed by atoms with van der Waals surface area (Å²) in [5, 5.41) is 9.92. The molecule has 0 spiro atoms. The third kappa shape index (κ3) is 5.17. The number of amides is 1. The summed E-state index contributed by atoms with van der Waals surface area (Å²) in [6.07, 6.45) is 2.83. The molecular weight excluding hydrogens is 488 g/mol. The molecule has 0 aliphatic carbocycles. The molecular formula is C32H26N4OS. The molecule has 0 bridgehead atoms. The fraction of sp³-hybridized carbons (Fsp3) is 0.0938. The van der Waals surface area contributed by atoms with E-state index in [1.54, 1.807) is 0 Å². The standard InChI is InChI=1S/C32H26N4OS/c1-22-9-8-14-26(19-22)33-31-30(38-32(37)34-31)20-23-15-17-27(18-16-23)36-29(25-12-6-3-7-13-25)21-28(35-36)24-10-4-2-5-11-24/h2-20,29H,21H2,1H3,(H,33,34,37)/b30-20-. The summed E-state index contributed by atoms with van der Waals surface area (Å²) in [6, 6.07) is 37.2. The van der Waals surface area contributed by atoms with Gasteiger partial charge < -0.3 is 5.32 Å². The van der Waals surface area contributed by atoms with Crippen LogP contribution in [0.2, 0.25) is 0 Å². The van der Waals surface area contributed by atoms with Gasteiger partial charge in [0.15, 0.2) is 0 Å². The lowest BCUT2D eigenvalue weighted by molar-refractivity contribution is 0.265. The molecule has 0 saturated carbocycles. The average molecular weight is 515 g/mol. The molecule has 2 aliphatic rings. The molecule has 1 amide bonds. The second kappa shape index (κ2) is 10.5. The number of carbonyl (C=O) groups excluding carboxylic acids is 1. The largest absolute Gasteiger partial charge is 0.300 e. The second-order valence-electron chi connectivity index (χ2n) is 9.30. The van der Waals surface area contributed by atoms with Crippen LogP contribution in [0.4, 0.5) is 16.2 Å². The predicted octanol–water partition coefficient (Wildman–Crippen LogP) is 7.88. The van der Waals surface area contributed by atoms with Crippen molar-refractivity contribution >= 4 is 46.0 Å². The van der Waals surface area contributed by atoms with Gasteiger partial charge in [-0.3, -0.25) is 9.80 Å². The maximum atomic E-state index is 12.2. The zero-order valence-corrected chi connectivity index (χ0v) is 21.7. The smallest absolute Gasteiger partial charge is 0.289 e. The number of aryl methyl sites for hydroxylation is 1. The third-order valence-corrected chi connectivity index (χ3v) is 7.37. The Morgan fingerprint density at radius 1 is 0.921 bits per heavy atom. The number of benzene rings is 4. The normalized spacial score (nSPS) is 19.2. The van der Waals surface area contributed by atoms with E-state index in [1.807, 2.05) is 49.4 Å². The quantitative estimate of drug-likeness (QED) is 0.295. The second-order valence-corrected chi connectivity index (χ2v) is 10.3. The van der Waals surface area contributed by atoms with Gasteiger partial charge in [0.2, 0.25) is 0 Å². The Morgan fingerprint density at radius 3 is 2.39 bits per heavy atom. The molecule has 2 aliphatic heterocycles. The van der Waals surface area contributed by atoms with Gasteiger partial charge in [-0.1, -0.05) is 84.9 Å². The van der Waals surface area contributed by atoms with Gasteiger partial charge in [0.25, 0.3) is 5.24 Å². The predicted molar refractivity (Wildman–Crippen MR) is 158 cm³/mol. The molecule has 4 aromatic rings. The SMILES string of the molecule is Cc1cccc(N=C2NC(=O)S/C2=C\c2ccc(N3N=C(c4ccccc4)CC3c3ccccc3)cc2)c1. The van der Waals surface area contributed by atoms with Crippen molar-refractivity contribution < 1.29 is 4.79 Å². The van der Waals surface area contributed by atoms with Gasteiger partial charge in [0, 0.05) is 6.42 Å². The number of nitrogens with zero attached hydrogens (tertiary/aromatic N) is 3. The Bertz CT molecular complexity index is 1560. The minimum atomic E-state index is -0.121. The highest BCUT2D eigenvalue weighted by atomic mass is 32.2. The summed E-state index contributed by atoms with van der Waals surface area (Å²) in [5.41, 5.74) is 7.41. The van der Waals surface area contributed by atoms with Crippen LogP contribution in [0.1, 0.15) is 34.7 Å². The molecule has 6 heteroatoms. The van der Waals surface area contributed by atoms with Crippen molar-refractivity contribution in [2.45, 2.75) is 19.4 Å². The van der Waals surface area contributed by atoms with E-state index in [2.05, 4.69) is 88.1 Å². The molecule has 2 heterocycles. The van der Waals surface area contributed by atoms with Crippen LogP contribution in [-0.4, -0.2) is 16.8 Å². The molecule has 186 valence electrons. The zero-order valence-electron chi connectivity index (χ0n) is 20.9. The molecule has 5 nitrogen and oxygen atoms in total. The van der Waals surface area contributed by atoms with Crippen LogP contribution < -0.4 is 10.3 Å². The fourth-order valence-corrected chi connectivity index (χ4v) is 5.44. The third-order valence-electron chi connectivity index (χ3n) is 6.56. The van der Waals surface area contributed by atoms with Crippen molar-refractivity contribution in [3.8, 4) is 0 Å². The summed E-state index contributed by atoms with van der Waals surface area (Å²) >= 11 is 1.17. The first-order valence-corrected chi connectivity index (χ1v) is 13.4. The minimum Gasteiger partial charge on any atom is -0.300 e. The lowest BCUT2D eigenvalue weighted by Crippen LogP contribution is -2.18. The van der Waals surface area contributed by atoms with Gasteiger partial charge in [-0.15, -0.1) is 0 Å². The first-order valence-electron chi connectivity index (χ1n) is 12.6. The van der Waals surface area contributed by atoms with Crippen LogP contribution in [0.15, 0.2) is 124 Å². The highest BCUT2D eigenvalue weighted by Crippen LogP contribution is 2.37. The van der Waals surface area contributed by atoms with Crippen molar-refractivity contribution in [2.24, 2.45) is 10.1 Å². The first kappa shape index (κ1) is 23.9. The Labute approximate surface area is 226 Å². The molecule has 1 unspecified atom stereocenters.